The molecule has 3 aromatic heterocycles. The lowest BCUT2D eigenvalue weighted by Gasteiger charge is -2.47. The number of hydrogen-bond donors (Lipinski definition) is 1. The Hall–Kier alpha value is -3.21. The van der Waals surface area contributed by atoms with Gasteiger partial charge in [-0.15, -0.1) is 5.10 Å². The van der Waals surface area contributed by atoms with Gasteiger partial charge < -0.3 is 20.0 Å². The second kappa shape index (κ2) is 8.43. The molecule has 2 N–H and O–H groups in total. The maximum Gasteiger partial charge on any atom is 0.259 e. The van der Waals surface area contributed by atoms with Gasteiger partial charge in [-0.25, -0.2) is 0 Å². The second-order valence-electron chi connectivity index (χ2n) is 10.8. The van der Waals surface area contributed by atoms with Crippen LogP contribution in [0.15, 0.2) is 22.8 Å². The molecule has 2 aliphatic carbocycles. The lowest BCUT2D eigenvalue weighted by Crippen LogP contribution is -2.62. The number of piperazine rings is 1. The first-order valence-electron chi connectivity index (χ1n) is 13.4. The summed E-state index contributed by atoms with van der Waals surface area (Å²) in [5, 5.41) is 4.39. The van der Waals surface area contributed by atoms with E-state index in [-0.39, 0.29) is 23.4 Å². The molecular formula is C25H33N9O2. The molecule has 0 radical (unpaired) electrons. The van der Waals surface area contributed by atoms with Crippen molar-refractivity contribution in [3.8, 4) is 11.6 Å². The third kappa shape index (κ3) is 3.63. The highest BCUT2D eigenvalue weighted by Gasteiger charge is 2.55. The zero-order chi connectivity index (χ0) is 24.3. The van der Waals surface area contributed by atoms with Crippen LogP contribution < -0.4 is 10.6 Å². The minimum atomic E-state index is -0.266. The number of carbonyl (C=O) groups is 1. The van der Waals surface area contributed by atoms with Crippen LogP contribution in [0, 0.1) is 0 Å². The Balaban J connectivity index is 1.12. The standard InChI is InChI=1S/C25H33N9O2/c26-22-28-23(29-24-27-20(30-34(22)24)19-9-5-15-36-19)32-12-4-8-18(32)21(35)33-14-13-31(16-25(33)10-11-25)17-6-2-1-3-7-17/h5,9,15,17-18H,1-4,6-8,10-14,16H2,(H2,26,27,28,29,30)/t18-/m0/s1. The highest BCUT2D eigenvalue weighted by Crippen LogP contribution is 2.46. The number of fused-ring (bicyclic) bond motifs is 1. The highest BCUT2D eigenvalue weighted by molar-refractivity contribution is 5.86. The average molecular weight is 492 g/mol. The number of aromatic nitrogens is 5. The van der Waals surface area contributed by atoms with E-state index in [1.54, 1.807) is 18.4 Å². The zero-order valence-electron chi connectivity index (χ0n) is 20.6. The van der Waals surface area contributed by atoms with Crippen molar-refractivity contribution in [1.29, 1.82) is 0 Å². The van der Waals surface area contributed by atoms with E-state index in [0.717, 1.165) is 51.9 Å². The molecule has 4 aliphatic rings. The number of carbonyl (C=O) groups excluding carboxylic acids is 1. The molecule has 3 aromatic rings. The molecule has 11 heteroatoms. The Labute approximate surface area is 209 Å². The fraction of sp³-hybridized carbons (Fsp3) is 0.640. The summed E-state index contributed by atoms with van der Waals surface area (Å²) in [5.74, 6) is 2.14. The normalized spacial score (nSPS) is 24.7. The molecule has 1 amide bonds. The SMILES string of the molecule is Nc1nc(N2CCC[C@H]2C(=O)N2CCN(C3CCCCC3)CC23CC3)nc2nc(-c3ccco3)nn12. The van der Waals surface area contributed by atoms with E-state index in [4.69, 9.17) is 10.2 Å². The smallest absolute Gasteiger partial charge is 0.259 e. The summed E-state index contributed by atoms with van der Waals surface area (Å²) >= 11 is 0. The van der Waals surface area contributed by atoms with E-state index in [1.807, 2.05) is 4.90 Å². The Morgan fingerprint density at radius 2 is 1.89 bits per heavy atom. The van der Waals surface area contributed by atoms with E-state index >= 15 is 0 Å². The molecule has 11 nitrogen and oxygen atoms in total. The van der Waals surface area contributed by atoms with Crippen LogP contribution in [0.5, 0.6) is 0 Å². The van der Waals surface area contributed by atoms with Crippen molar-refractivity contribution < 1.29 is 9.21 Å². The van der Waals surface area contributed by atoms with E-state index in [9.17, 15) is 4.79 Å². The second-order valence-corrected chi connectivity index (χ2v) is 10.8. The van der Waals surface area contributed by atoms with Gasteiger partial charge in [-0.1, -0.05) is 19.3 Å². The monoisotopic (exact) mass is 491 g/mol. The fourth-order valence-corrected chi connectivity index (χ4v) is 6.56. The van der Waals surface area contributed by atoms with E-state index in [2.05, 4.69) is 29.9 Å². The Morgan fingerprint density at radius 1 is 1.03 bits per heavy atom. The quantitative estimate of drug-likeness (QED) is 0.586. The number of hydrogen-bond acceptors (Lipinski definition) is 9. The molecule has 4 fully saturated rings. The zero-order valence-corrected chi connectivity index (χ0v) is 20.6. The summed E-state index contributed by atoms with van der Waals surface area (Å²) in [5.41, 5.74) is 6.27. The minimum Gasteiger partial charge on any atom is -0.461 e. The van der Waals surface area contributed by atoms with Crippen LogP contribution in [0.3, 0.4) is 0 Å². The number of rotatable bonds is 4. The van der Waals surface area contributed by atoms with Gasteiger partial charge in [0.05, 0.1) is 11.8 Å². The first-order valence-corrected chi connectivity index (χ1v) is 13.4. The first-order chi connectivity index (χ1) is 17.6. The largest absolute Gasteiger partial charge is 0.461 e. The maximum atomic E-state index is 14.0. The highest BCUT2D eigenvalue weighted by atomic mass is 16.3. The minimum absolute atomic E-state index is 0.0236. The number of anilines is 2. The lowest BCUT2D eigenvalue weighted by molar-refractivity contribution is -0.139. The van der Waals surface area contributed by atoms with E-state index < -0.39 is 0 Å². The van der Waals surface area contributed by atoms with Gasteiger partial charge in [0.2, 0.25) is 23.6 Å². The van der Waals surface area contributed by atoms with Gasteiger partial charge in [0.25, 0.3) is 5.78 Å². The Bertz CT molecular complexity index is 1260. The van der Waals surface area contributed by atoms with Crippen LogP contribution in [0.25, 0.3) is 17.4 Å². The summed E-state index contributed by atoms with van der Waals surface area (Å²) in [7, 11) is 0. The van der Waals surface area contributed by atoms with Crippen molar-refractivity contribution in [2.24, 2.45) is 0 Å². The molecule has 2 saturated carbocycles. The number of furan rings is 1. The molecule has 7 rings (SSSR count). The summed E-state index contributed by atoms with van der Waals surface area (Å²) in [6, 6.07) is 4.01. The van der Waals surface area contributed by atoms with Gasteiger partial charge in [-0.3, -0.25) is 9.69 Å². The summed E-state index contributed by atoms with van der Waals surface area (Å²) in [6.45, 7) is 3.55. The molecular weight excluding hydrogens is 458 g/mol. The number of nitrogen functional groups attached to an aromatic ring is 1. The molecule has 1 atom stereocenters. The summed E-state index contributed by atoms with van der Waals surface area (Å²) in [4.78, 5) is 34.5. The third-order valence-corrected chi connectivity index (χ3v) is 8.62. The summed E-state index contributed by atoms with van der Waals surface area (Å²) in [6.07, 6.45) is 12.2. The number of amides is 1. The summed E-state index contributed by atoms with van der Waals surface area (Å²) < 4.78 is 6.83. The van der Waals surface area contributed by atoms with Gasteiger partial charge in [0, 0.05) is 32.2 Å². The molecule has 2 aliphatic heterocycles. The lowest BCUT2D eigenvalue weighted by atomic mass is 9.92. The predicted molar refractivity (Wildman–Crippen MR) is 133 cm³/mol. The molecule has 190 valence electrons. The van der Waals surface area contributed by atoms with Crippen molar-refractivity contribution in [2.45, 2.75) is 75.4 Å². The van der Waals surface area contributed by atoms with Gasteiger partial charge in [-0.05, 0) is 50.7 Å². The van der Waals surface area contributed by atoms with Crippen molar-refractivity contribution in [2.75, 3.05) is 36.8 Å². The predicted octanol–water partition coefficient (Wildman–Crippen LogP) is 2.34. The first kappa shape index (κ1) is 22.0. The van der Waals surface area contributed by atoms with Crippen LogP contribution in [-0.2, 0) is 4.79 Å². The van der Waals surface area contributed by atoms with Crippen molar-refractivity contribution in [3.63, 3.8) is 0 Å². The fourth-order valence-electron chi connectivity index (χ4n) is 6.56. The Morgan fingerprint density at radius 3 is 2.67 bits per heavy atom. The van der Waals surface area contributed by atoms with Crippen LogP contribution in [-0.4, -0.2) is 84.1 Å². The van der Waals surface area contributed by atoms with Crippen molar-refractivity contribution in [3.05, 3.63) is 18.4 Å². The van der Waals surface area contributed by atoms with Crippen molar-refractivity contribution >= 4 is 23.6 Å². The maximum absolute atomic E-state index is 14.0. The van der Waals surface area contributed by atoms with Gasteiger partial charge in [0.1, 0.15) is 6.04 Å². The molecule has 0 unspecified atom stereocenters. The van der Waals surface area contributed by atoms with E-state index in [1.165, 1.54) is 36.6 Å². The molecule has 2 saturated heterocycles. The molecule has 5 heterocycles. The van der Waals surface area contributed by atoms with Crippen molar-refractivity contribution in [1.82, 2.24) is 34.4 Å². The average Bonchev–Trinajstić information content (AvgIpc) is 3.36. The van der Waals surface area contributed by atoms with Crippen LogP contribution in [0.2, 0.25) is 0 Å². The number of nitrogens with zero attached hydrogens (tertiary/aromatic N) is 8. The van der Waals surface area contributed by atoms with Gasteiger partial charge in [0.15, 0.2) is 5.76 Å². The van der Waals surface area contributed by atoms with Gasteiger partial charge >= 0.3 is 0 Å². The number of nitrogens with two attached hydrogens (primary N) is 1. The van der Waals surface area contributed by atoms with Crippen LogP contribution >= 0.6 is 0 Å². The third-order valence-electron chi connectivity index (χ3n) is 8.62. The topological polar surface area (TPSA) is 122 Å². The van der Waals surface area contributed by atoms with E-state index in [0.29, 0.717) is 29.4 Å². The van der Waals surface area contributed by atoms with Gasteiger partial charge in [-0.2, -0.15) is 19.5 Å². The molecule has 1 spiro atoms. The molecule has 0 bridgehead atoms. The Kier molecular flexibility index (Phi) is 5.16. The molecule has 36 heavy (non-hydrogen) atoms. The van der Waals surface area contributed by atoms with Crippen LogP contribution in [0.1, 0.15) is 57.8 Å². The molecule has 0 aromatic carbocycles. The van der Waals surface area contributed by atoms with Crippen LogP contribution in [0.4, 0.5) is 11.9 Å².